The highest BCUT2D eigenvalue weighted by Gasteiger charge is 2.15. The number of aliphatic hydroxyl groups is 1. The van der Waals surface area contributed by atoms with Gasteiger partial charge in [0.2, 0.25) is 0 Å². The van der Waals surface area contributed by atoms with E-state index in [4.69, 9.17) is 5.11 Å². The summed E-state index contributed by atoms with van der Waals surface area (Å²) >= 11 is 0. The maximum atomic E-state index is 9.11. The van der Waals surface area contributed by atoms with Crippen molar-refractivity contribution >= 4 is 0 Å². The molecule has 0 saturated carbocycles. The van der Waals surface area contributed by atoms with Crippen LogP contribution in [0.3, 0.4) is 0 Å². The molecule has 3 heteroatoms. The Labute approximate surface area is 117 Å². The molecule has 0 radical (unpaired) electrons. The zero-order chi connectivity index (χ0) is 14.3. The van der Waals surface area contributed by atoms with Gasteiger partial charge in [-0.2, -0.15) is 0 Å². The van der Waals surface area contributed by atoms with Crippen LogP contribution < -0.4 is 5.32 Å². The molecule has 0 heterocycles. The lowest BCUT2D eigenvalue weighted by molar-refractivity contribution is 0.160. The quantitative estimate of drug-likeness (QED) is 0.756. The number of aryl methyl sites for hydroxylation is 1. The van der Waals surface area contributed by atoms with Crippen LogP contribution in [0.25, 0.3) is 0 Å². The van der Waals surface area contributed by atoms with Crippen LogP contribution in [0.15, 0.2) is 24.3 Å². The first-order chi connectivity index (χ1) is 9.10. The van der Waals surface area contributed by atoms with Crippen LogP contribution in [0.2, 0.25) is 0 Å². The molecule has 19 heavy (non-hydrogen) atoms. The minimum atomic E-state index is 0.229. The van der Waals surface area contributed by atoms with E-state index in [1.807, 2.05) is 7.05 Å². The summed E-state index contributed by atoms with van der Waals surface area (Å²) in [6.45, 7) is 8.50. The van der Waals surface area contributed by atoms with E-state index >= 15 is 0 Å². The molecule has 0 bridgehead atoms. The number of rotatable bonds is 8. The van der Waals surface area contributed by atoms with Crippen LogP contribution >= 0.6 is 0 Å². The fraction of sp³-hybridized carbons (Fsp3) is 0.625. The molecule has 1 rings (SSSR count). The molecule has 0 fully saturated rings. The van der Waals surface area contributed by atoms with Gasteiger partial charge in [0.25, 0.3) is 0 Å². The van der Waals surface area contributed by atoms with E-state index in [0.717, 1.165) is 19.5 Å². The van der Waals surface area contributed by atoms with Crippen LogP contribution in [0.4, 0.5) is 0 Å². The number of benzene rings is 1. The first kappa shape index (κ1) is 16.2. The highest BCUT2D eigenvalue weighted by Crippen LogP contribution is 2.20. The molecular formula is C16H28N2O. The lowest BCUT2D eigenvalue weighted by Crippen LogP contribution is -2.36. The monoisotopic (exact) mass is 264 g/mol. The van der Waals surface area contributed by atoms with Gasteiger partial charge in [-0.1, -0.05) is 24.3 Å². The predicted molar refractivity (Wildman–Crippen MR) is 81.4 cm³/mol. The third-order valence-electron chi connectivity index (χ3n) is 3.73. The lowest BCUT2D eigenvalue weighted by atomic mass is 9.98. The molecule has 108 valence electrons. The van der Waals surface area contributed by atoms with Gasteiger partial charge in [-0.3, -0.25) is 4.90 Å². The maximum Gasteiger partial charge on any atom is 0.0558 e. The zero-order valence-electron chi connectivity index (χ0n) is 12.7. The third-order valence-corrected chi connectivity index (χ3v) is 3.73. The number of nitrogens with one attached hydrogen (secondary N) is 1. The third kappa shape index (κ3) is 4.94. The molecule has 3 nitrogen and oxygen atoms in total. The molecule has 0 aliphatic rings. The van der Waals surface area contributed by atoms with Gasteiger partial charge in [-0.15, -0.1) is 0 Å². The van der Waals surface area contributed by atoms with Crippen LogP contribution in [-0.2, 0) is 0 Å². The van der Waals surface area contributed by atoms with Crippen molar-refractivity contribution in [3.63, 3.8) is 0 Å². The largest absolute Gasteiger partial charge is 0.395 e. The first-order valence-corrected chi connectivity index (χ1v) is 7.17. The Balaban J connectivity index is 2.65. The zero-order valence-corrected chi connectivity index (χ0v) is 12.7. The molecule has 0 spiro atoms. The van der Waals surface area contributed by atoms with Gasteiger partial charge in [-0.25, -0.2) is 0 Å². The van der Waals surface area contributed by atoms with Crippen molar-refractivity contribution < 1.29 is 5.11 Å². The second kappa shape index (κ2) is 8.31. The van der Waals surface area contributed by atoms with Crippen molar-refractivity contribution in [1.82, 2.24) is 10.2 Å². The number of hydrogen-bond donors (Lipinski definition) is 2. The standard InChI is InChI=1S/C16H28N2O/c1-13(2)18(11-12-19)10-9-16(17-4)15-8-6-5-7-14(15)3/h5-8,13,16-17,19H,9-12H2,1-4H3. The molecule has 1 aromatic rings. The Morgan fingerprint density at radius 3 is 2.42 bits per heavy atom. The SMILES string of the molecule is CNC(CCN(CCO)C(C)C)c1ccccc1C. The van der Waals surface area contributed by atoms with E-state index < -0.39 is 0 Å². The highest BCUT2D eigenvalue weighted by molar-refractivity contribution is 5.28. The average molecular weight is 264 g/mol. The maximum absolute atomic E-state index is 9.11. The summed E-state index contributed by atoms with van der Waals surface area (Å²) in [5.41, 5.74) is 2.71. The minimum absolute atomic E-state index is 0.229. The lowest BCUT2D eigenvalue weighted by Gasteiger charge is -2.28. The smallest absolute Gasteiger partial charge is 0.0558 e. The fourth-order valence-corrected chi connectivity index (χ4v) is 2.48. The Kier molecular flexibility index (Phi) is 7.06. The second-order valence-corrected chi connectivity index (χ2v) is 5.34. The highest BCUT2D eigenvalue weighted by atomic mass is 16.3. The van der Waals surface area contributed by atoms with E-state index in [-0.39, 0.29) is 6.61 Å². The van der Waals surface area contributed by atoms with Gasteiger partial charge in [0.1, 0.15) is 0 Å². The minimum Gasteiger partial charge on any atom is -0.395 e. The Morgan fingerprint density at radius 2 is 1.89 bits per heavy atom. The molecule has 2 N–H and O–H groups in total. The predicted octanol–water partition coefficient (Wildman–Crippen LogP) is 2.35. The number of nitrogens with zero attached hydrogens (tertiary/aromatic N) is 1. The van der Waals surface area contributed by atoms with Gasteiger partial charge < -0.3 is 10.4 Å². The Hall–Kier alpha value is -0.900. The summed E-state index contributed by atoms with van der Waals surface area (Å²) in [6.07, 6.45) is 1.06. The Morgan fingerprint density at radius 1 is 1.21 bits per heavy atom. The van der Waals surface area contributed by atoms with Crippen molar-refractivity contribution in [1.29, 1.82) is 0 Å². The van der Waals surface area contributed by atoms with Gasteiger partial charge >= 0.3 is 0 Å². The van der Waals surface area contributed by atoms with Crippen LogP contribution in [0, 0.1) is 6.92 Å². The van der Waals surface area contributed by atoms with E-state index in [1.165, 1.54) is 11.1 Å². The molecule has 1 aromatic carbocycles. The van der Waals surface area contributed by atoms with Crippen molar-refractivity contribution in [2.75, 3.05) is 26.7 Å². The van der Waals surface area contributed by atoms with Crippen LogP contribution in [0.5, 0.6) is 0 Å². The fourth-order valence-electron chi connectivity index (χ4n) is 2.48. The van der Waals surface area contributed by atoms with Gasteiger partial charge in [0.15, 0.2) is 0 Å². The number of hydrogen-bond acceptors (Lipinski definition) is 3. The van der Waals surface area contributed by atoms with Gasteiger partial charge in [0.05, 0.1) is 6.61 Å². The molecule has 0 aromatic heterocycles. The van der Waals surface area contributed by atoms with Crippen LogP contribution in [0.1, 0.15) is 37.4 Å². The van der Waals surface area contributed by atoms with E-state index in [9.17, 15) is 0 Å². The summed E-state index contributed by atoms with van der Waals surface area (Å²) in [6, 6.07) is 9.39. The van der Waals surface area contributed by atoms with Gasteiger partial charge in [0, 0.05) is 25.2 Å². The van der Waals surface area contributed by atoms with E-state index in [1.54, 1.807) is 0 Å². The molecule has 0 saturated heterocycles. The summed E-state index contributed by atoms with van der Waals surface area (Å²) < 4.78 is 0. The van der Waals surface area contributed by atoms with Crippen molar-refractivity contribution in [3.05, 3.63) is 35.4 Å². The van der Waals surface area contributed by atoms with Crippen molar-refractivity contribution in [2.24, 2.45) is 0 Å². The molecule has 1 atom stereocenters. The molecule has 0 amide bonds. The topological polar surface area (TPSA) is 35.5 Å². The summed E-state index contributed by atoms with van der Waals surface area (Å²) in [5.74, 6) is 0. The molecule has 0 aliphatic heterocycles. The van der Waals surface area contributed by atoms with Gasteiger partial charge in [-0.05, 0) is 45.4 Å². The van der Waals surface area contributed by atoms with E-state index in [2.05, 4.69) is 55.3 Å². The summed E-state index contributed by atoms with van der Waals surface area (Å²) in [4.78, 5) is 2.32. The molecule has 1 unspecified atom stereocenters. The molecule has 0 aliphatic carbocycles. The number of aliphatic hydroxyl groups excluding tert-OH is 1. The summed E-state index contributed by atoms with van der Waals surface area (Å²) in [7, 11) is 2.02. The first-order valence-electron chi connectivity index (χ1n) is 7.17. The Bertz CT molecular complexity index is 366. The van der Waals surface area contributed by atoms with Crippen molar-refractivity contribution in [2.45, 2.75) is 39.3 Å². The average Bonchev–Trinajstić information content (AvgIpc) is 2.39. The van der Waals surface area contributed by atoms with E-state index in [0.29, 0.717) is 12.1 Å². The second-order valence-electron chi connectivity index (χ2n) is 5.34. The normalized spacial score (nSPS) is 13.2. The van der Waals surface area contributed by atoms with Crippen molar-refractivity contribution in [3.8, 4) is 0 Å². The van der Waals surface area contributed by atoms with Crippen LogP contribution in [-0.4, -0.2) is 42.8 Å². The summed E-state index contributed by atoms with van der Waals surface area (Å²) in [5, 5.41) is 12.5. The molecular weight excluding hydrogens is 236 g/mol.